The number of nitrogens with one attached hydrogen (secondary N) is 1. The Hall–Kier alpha value is -1.25. The highest BCUT2D eigenvalue weighted by Crippen LogP contribution is 2.65. The van der Waals surface area contributed by atoms with Gasteiger partial charge in [-0.2, -0.15) is 19.0 Å². The summed E-state index contributed by atoms with van der Waals surface area (Å²) in [7, 11) is -7.50. The van der Waals surface area contributed by atoms with Crippen LogP contribution in [-0.4, -0.2) is 57.9 Å². The molecule has 0 aromatic heterocycles. The Morgan fingerprint density at radius 2 is 1.88 bits per heavy atom. The van der Waals surface area contributed by atoms with Crippen molar-refractivity contribution >= 4 is 48.6 Å². The summed E-state index contributed by atoms with van der Waals surface area (Å²) in [5, 5.41) is 1.36. The predicted octanol–water partition coefficient (Wildman–Crippen LogP) is 5.00. The molecule has 9 nitrogen and oxygen atoms in total. The Kier molecular flexibility index (Phi) is 8.23. The Balaban J connectivity index is 2.68. The van der Waals surface area contributed by atoms with Crippen molar-refractivity contribution in [2.75, 3.05) is 12.9 Å². The minimum absolute atomic E-state index is 0.0326. The number of carbonyl (C=O) groups is 1. The largest absolute Gasteiger partial charge is 0.444 e. The molecule has 13 heteroatoms. The summed E-state index contributed by atoms with van der Waals surface area (Å²) >= 11 is 3.30. The van der Waals surface area contributed by atoms with E-state index in [-0.39, 0.29) is 24.4 Å². The first kappa shape index (κ1) is 29.0. The number of amidine groups is 1. The lowest BCUT2D eigenvalue weighted by molar-refractivity contribution is 0.0560. The van der Waals surface area contributed by atoms with Crippen LogP contribution in [0.15, 0.2) is 27.7 Å². The Morgan fingerprint density at radius 1 is 1.29 bits per heavy atom. The summed E-state index contributed by atoms with van der Waals surface area (Å²) in [6.45, 7) is 9.13. The third-order valence-electron chi connectivity index (χ3n) is 5.46. The van der Waals surface area contributed by atoms with Crippen molar-refractivity contribution in [2.45, 2.75) is 69.1 Å². The minimum Gasteiger partial charge on any atom is -0.444 e. The first-order valence-electron chi connectivity index (χ1n) is 10.4. The summed E-state index contributed by atoms with van der Waals surface area (Å²) in [6, 6.07) is 4.15. The van der Waals surface area contributed by atoms with E-state index < -0.39 is 53.8 Å². The third kappa shape index (κ3) is 6.30. The van der Waals surface area contributed by atoms with Gasteiger partial charge in [0, 0.05) is 10.0 Å². The van der Waals surface area contributed by atoms with Crippen molar-refractivity contribution in [3.8, 4) is 0 Å². The molecule has 1 aromatic rings. The second-order valence-electron chi connectivity index (χ2n) is 9.77. The van der Waals surface area contributed by atoms with Crippen LogP contribution in [0.5, 0.6) is 0 Å². The van der Waals surface area contributed by atoms with E-state index >= 15 is 4.39 Å². The zero-order valence-corrected chi connectivity index (χ0v) is 23.4. The van der Waals surface area contributed by atoms with Gasteiger partial charge in [-0.25, -0.2) is 9.18 Å². The van der Waals surface area contributed by atoms with E-state index in [1.807, 2.05) is 0 Å². The standard InChI is InChI=1S/C21H32BrFN2O7S2/c1-19(2,3)32-18(26)24-17-20(4,5)34(29,30)16(10-11-31-33(7,27)28)21(6,25-17)14-12-13(22)8-9-15(14)23/h8-9,12,16,29-30H,10-11H2,1-7H3,(H,24,25,26)/t16-,21-/m1/s1. The van der Waals surface area contributed by atoms with Gasteiger partial charge in [0.15, 0.2) is 0 Å². The van der Waals surface area contributed by atoms with E-state index in [4.69, 9.17) is 8.92 Å². The first-order valence-corrected chi connectivity index (χ1v) is 14.6. The van der Waals surface area contributed by atoms with Crippen molar-refractivity contribution < 1.29 is 35.6 Å². The number of carbonyl (C=O) groups excluding carboxylic acids is 1. The van der Waals surface area contributed by atoms with Gasteiger partial charge in [-0.1, -0.05) is 15.9 Å². The lowest BCUT2D eigenvalue weighted by atomic mass is 9.86. The average Bonchev–Trinajstić information content (AvgIpc) is 2.62. The van der Waals surface area contributed by atoms with Gasteiger partial charge in [-0.3, -0.25) is 23.6 Å². The van der Waals surface area contributed by atoms with Gasteiger partial charge in [0.25, 0.3) is 10.1 Å². The van der Waals surface area contributed by atoms with Crippen LogP contribution in [0.3, 0.4) is 0 Å². The van der Waals surface area contributed by atoms with Crippen molar-refractivity contribution in [1.82, 2.24) is 5.32 Å². The lowest BCUT2D eigenvalue weighted by Crippen LogP contribution is -2.59. The summed E-state index contributed by atoms with van der Waals surface area (Å²) in [5.74, 6) is -0.751. The SMILES string of the molecule is CC(C)(C)OC(=O)NC1=N[C@](C)(c2cc(Br)ccc2F)[C@@H](CCOS(C)(=O)=O)S(O)(O)C1(C)C. The summed E-state index contributed by atoms with van der Waals surface area (Å²) in [6.07, 6.45) is -0.139. The van der Waals surface area contributed by atoms with Crippen molar-refractivity contribution in [2.24, 2.45) is 4.99 Å². The molecule has 34 heavy (non-hydrogen) atoms. The molecule has 1 heterocycles. The van der Waals surface area contributed by atoms with Gasteiger partial charge in [0.05, 0.1) is 18.1 Å². The first-order chi connectivity index (χ1) is 15.2. The molecule has 0 radical (unpaired) electrons. The number of hydrogen-bond acceptors (Lipinski definition) is 8. The van der Waals surface area contributed by atoms with Crippen molar-refractivity contribution in [3.05, 3.63) is 34.1 Å². The second kappa shape index (κ2) is 9.66. The highest BCUT2D eigenvalue weighted by Gasteiger charge is 2.57. The fourth-order valence-corrected chi connectivity index (χ4v) is 6.80. The topological polar surface area (TPSA) is 135 Å². The fourth-order valence-electron chi connectivity index (χ4n) is 3.71. The van der Waals surface area contributed by atoms with Crippen LogP contribution in [0, 0.1) is 5.82 Å². The summed E-state index contributed by atoms with van der Waals surface area (Å²) < 4.78 is 70.2. The van der Waals surface area contributed by atoms with Crippen LogP contribution >= 0.6 is 26.5 Å². The number of halogens is 2. The van der Waals surface area contributed by atoms with Crippen molar-refractivity contribution in [1.29, 1.82) is 0 Å². The molecule has 0 aliphatic carbocycles. The maximum Gasteiger partial charge on any atom is 0.413 e. The van der Waals surface area contributed by atoms with Crippen LogP contribution in [0.4, 0.5) is 9.18 Å². The monoisotopic (exact) mass is 586 g/mol. The van der Waals surface area contributed by atoms with Crippen LogP contribution < -0.4 is 5.32 Å². The third-order valence-corrected chi connectivity index (χ3v) is 9.73. The molecule has 2 rings (SSSR count). The van der Waals surface area contributed by atoms with Crippen molar-refractivity contribution in [3.63, 3.8) is 0 Å². The van der Waals surface area contributed by atoms with Gasteiger partial charge in [-0.15, -0.1) is 0 Å². The zero-order valence-electron chi connectivity index (χ0n) is 20.2. The zero-order chi connectivity index (χ0) is 26.3. The van der Waals surface area contributed by atoms with Crippen LogP contribution in [-0.2, 0) is 24.6 Å². The molecule has 0 bridgehead atoms. The van der Waals surface area contributed by atoms with Crippen LogP contribution in [0.1, 0.15) is 53.5 Å². The molecule has 0 fully saturated rings. The smallest absolute Gasteiger partial charge is 0.413 e. The van der Waals surface area contributed by atoms with Crippen LogP contribution in [0.2, 0.25) is 0 Å². The summed E-state index contributed by atoms with van der Waals surface area (Å²) in [4.78, 5) is 17.2. The number of aliphatic imine (C=N–C) groups is 1. The second-order valence-corrected chi connectivity index (χ2v) is 15.1. The van der Waals surface area contributed by atoms with Gasteiger partial charge in [-0.05, 0) is 66.2 Å². The molecular weight excluding hydrogens is 555 g/mol. The molecule has 1 aromatic carbocycles. The molecule has 1 amide bonds. The van der Waals surface area contributed by atoms with Gasteiger partial charge in [0.1, 0.15) is 27.5 Å². The van der Waals surface area contributed by atoms with E-state index in [1.54, 1.807) is 20.8 Å². The average molecular weight is 588 g/mol. The number of nitrogens with zero attached hydrogens (tertiary/aromatic N) is 1. The predicted molar refractivity (Wildman–Crippen MR) is 134 cm³/mol. The maximum atomic E-state index is 15.1. The Labute approximate surface area is 210 Å². The number of hydrogen-bond donors (Lipinski definition) is 3. The van der Waals surface area contributed by atoms with Gasteiger partial charge < -0.3 is 4.74 Å². The van der Waals surface area contributed by atoms with Gasteiger partial charge >= 0.3 is 6.09 Å². The van der Waals surface area contributed by atoms with E-state index in [2.05, 4.69) is 26.2 Å². The van der Waals surface area contributed by atoms with E-state index in [0.717, 1.165) is 6.26 Å². The molecule has 1 aliphatic rings. The maximum absolute atomic E-state index is 15.1. The molecule has 0 saturated heterocycles. The Bertz CT molecular complexity index is 1090. The molecule has 194 valence electrons. The number of ether oxygens (including phenoxy) is 1. The Morgan fingerprint density at radius 3 is 2.41 bits per heavy atom. The molecule has 1 aliphatic heterocycles. The van der Waals surface area contributed by atoms with E-state index in [9.17, 15) is 22.3 Å². The lowest BCUT2D eigenvalue weighted by Gasteiger charge is -2.59. The highest BCUT2D eigenvalue weighted by atomic mass is 79.9. The number of benzene rings is 1. The fraction of sp³-hybridized carbons (Fsp3) is 0.619. The molecule has 2 atom stereocenters. The minimum atomic E-state index is -3.80. The quantitative estimate of drug-likeness (QED) is 0.413. The molecule has 0 spiro atoms. The normalized spacial score (nSPS) is 25.3. The molecular formula is C21H32BrFN2O7S2. The molecule has 3 N–H and O–H groups in total. The highest BCUT2D eigenvalue weighted by molar-refractivity contribution is 9.10. The van der Waals surface area contributed by atoms with Crippen LogP contribution in [0.25, 0.3) is 0 Å². The number of alkyl carbamates (subject to hydrolysis) is 1. The van der Waals surface area contributed by atoms with E-state index in [1.165, 1.54) is 39.0 Å². The number of amides is 1. The number of rotatable bonds is 5. The molecule has 0 unspecified atom stereocenters. The van der Waals surface area contributed by atoms with E-state index in [0.29, 0.717) is 4.47 Å². The summed E-state index contributed by atoms with van der Waals surface area (Å²) in [5.41, 5.74) is -2.39. The molecule has 0 saturated carbocycles. The van der Waals surface area contributed by atoms with Gasteiger partial charge in [0.2, 0.25) is 0 Å².